The van der Waals surface area contributed by atoms with E-state index in [1.807, 2.05) is 0 Å². The van der Waals surface area contributed by atoms with Crippen molar-refractivity contribution in [3.63, 3.8) is 0 Å². The Kier molecular flexibility index (Phi) is 6.02. The third-order valence-electron chi connectivity index (χ3n) is 4.98. The largest absolute Gasteiger partial charge is 0.465 e. The van der Waals surface area contributed by atoms with Crippen molar-refractivity contribution in [1.82, 2.24) is 0 Å². The normalized spacial score (nSPS) is 34.5. The van der Waals surface area contributed by atoms with Crippen LogP contribution in [0.25, 0.3) is 0 Å². The number of esters is 1. The van der Waals surface area contributed by atoms with Crippen molar-refractivity contribution in [2.45, 2.75) is 51.4 Å². The third-order valence-corrected chi connectivity index (χ3v) is 4.98. The van der Waals surface area contributed by atoms with Gasteiger partial charge in [0.15, 0.2) is 0 Å². The van der Waals surface area contributed by atoms with Gasteiger partial charge in [-0.1, -0.05) is 0 Å². The molecule has 2 aliphatic carbocycles. The summed E-state index contributed by atoms with van der Waals surface area (Å²) < 4.78 is 5.47. The van der Waals surface area contributed by atoms with E-state index in [1.54, 1.807) is 0 Å². The Morgan fingerprint density at radius 1 is 1.00 bits per heavy atom. The van der Waals surface area contributed by atoms with Crippen LogP contribution in [0.3, 0.4) is 0 Å². The Hall–Kier alpha value is -0.900. The van der Waals surface area contributed by atoms with E-state index in [4.69, 9.17) is 9.84 Å². The molecular weight excluding hydrogens is 256 g/mol. The molecule has 2 aliphatic rings. The highest BCUT2D eigenvalue weighted by atomic mass is 16.5. The van der Waals surface area contributed by atoms with Crippen LogP contribution in [0.1, 0.15) is 51.4 Å². The summed E-state index contributed by atoms with van der Waals surface area (Å²) in [6.07, 6.45) is 8.44. The lowest BCUT2D eigenvalue weighted by molar-refractivity contribution is -0.152. The summed E-state index contributed by atoms with van der Waals surface area (Å²) in [7, 11) is 0. The molecule has 0 saturated heterocycles. The fourth-order valence-corrected chi connectivity index (χ4v) is 3.39. The number of aliphatic hydroxyl groups is 1. The predicted octanol–water partition coefficient (Wildman–Crippen LogP) is 2.33. The summed E-state index contributed by atoms with van der Waals surface area (Å²) in [5.74, 6) is 0.986. The summed E-state index contributed by atoms with van der Waals surface area (Å²) >= 11 is 0. The van der Waals surface area contributed by atoms with Gasteiger partial charge in [0.1, 0.15) is 6.29 Å². The number of carbonyl (C=O) groups excluding carboxylic acids is 2. The highest BCUT2D eigenvalue weighted by molar-refractivity contribution is 5.72. The van der Waals surface area contributed by atoms with Crippen molar-refractivity contribution in [2.75, 3.05) is 13.2 Å². The summed E-state index contributed by atoms with van der Waals surface area (Å²) in [6.45, 7) is 0.817. The summed E-state index contributed by atoms with van der Waals surface area (Å²) in [4.78, 5) is 22.7. The van der Waals surface area contributed by atoms with Gasteiger partial charge in [-0.15, -0.1) is 0 Å². The fourth-order valence-electron chi connectivity index (χ4n) is 3.39. The molecule has 0 unspecified atom stereocenters. The van der Waals surface area contributed by atoms with E-state index < -0.39 is 0 Å². The molecule has 2 fully saturated rings. The number of hydrogen-bond acceptors (Lipinski definition) is 4. The molecule has 0 atom stereocenters. The molecule has 0 aliphatic heterocycles. The van der Waals surface area contributed by atoms with Crippen LogP contribution >= 0.6 is 0 Å². The first kappa shape index (κ1) is 15.5. The van der Waals surface area contributed by atoms with E-state index >= 15 is 0 Å². The molecule has 0 radical (unpaired) electrons. The maximum atomic E-state index is 12.0. The Balaban J connectivity index is 1.64. The quantitative estimate of drug-likeness (QED) is 0.621. The number of aliphatic hydroxyl groups excluding tert-OH is 1. The number of aldehydes is 1. The van der Waals surface area contributed by atoms with Crippen molar-refractivity contribution in [3.05, 3.63) is 0 Å². The first-order valence-corrected chi connectivity index (χ1v) is 7.95. The van der Waals surface area contributed by atoms with Crippen molar-refractivity contribution in [2.24, 2.45) is 23.7 Å². The molecule has 2 rings (SSSR count). The number of hydrogen-bond donors (Lipinski definition) is 1. The van der Waals surface area contributed by atoms with Gasteiger partial charge in [-0.3, -0.25) is 4.79 Å². The second kappa shape index (κ2) is 7.77. The molecule has 0 bridgehead atoms. The van der Waals surface area contributed by atoms with Crippen molar-refractivity contribution < 1.29 is 19.4 Å². The molecule has 0 heterocycles. The molecule has 114 valence electrons. The molecule has 0 aromatic heterocycles. The fraction of sp³-hybridized carbons (Fsp3) is 0.875. The number of carbonyl (C=O) groups is 2. The lowest BCUT2D eigenvalue weighted by atomic mass is 9.82. The average molecular weight is 282 g/mol. The van der Waals surface area contributed by atoms with E-state index in [2.05, 4.69) is 0 Å². The maximum absolute atomic E-state index is 12.0. The molecule has 20 heavy (non-hydrogen) atoms. The Labute approximate surface area is 120 Å². The van der Waals surface area contributed by atoms with Crippen LogP contribution in [-0.4, -0.2) is 30.6 Å². The monoisotopic (exact) mass is 282 g/mol. The summed E-state index contributed by atoms with van der Waals surface area (Å²) in [5.41, 5.74) is 0. The third kappa shape index (κ3) is 4.30. The summed E-state index contributed by atoms with van der Waals surface area (Å²) in [6, 6.07) is 0. The Morgan fingerprint density at radius 3 is 2.15 bits per heavy atom. The van der Waals surface area contributed by atoms with Gasteiger partial charge in [-0.05, 0) is 63.2 Å². The molecular formula is C16H26O4. The highest BCUT2D eigenvalue weighted by Gasteiger charge is 2.28. The van der Waals surface area contributed by atoms with Crippen LogP contribution in [0.2, 0.25) is 0 Å². The standard InChI is InChI=1S/C16H26O4/c17-9-12-1-3-14(4-2-12)11-20-16(19)15-7-5-13(10-18)6-8-15/h10,12-15,17H,1-9,11H2. The van der Waals surface area contributed by atoms with Gasteiger partial charge >= 0.3 is 5.97 Å². The zero-order valence-corrected chi connectivity index (χ0v) is 12.1. The van der Waals surface area contributed by atoms with Gasteiger partial charge in [0, 0.05) is 12.5 Å². The first-order valence-electron chi connectivity index (χ1n) is 7.95. The molecule has 1 N–H and O–H groups in total. The highest BCUT2D eigenvalue weighted by Crippen LogP contribution is 2.31. The Morgan fingerprint density at radius 2 is 1.60 bits per heavy atom. The minimum absolute atomic E-state index is 0.0000177. The van der Waals surface area contributed by atoms with Crippen LogP contribution in [0, 0.1) is 23.7 Å². The first-order chi connectivity index (χ1) is 9.72. The maximum Gasteiger partial charge on any atom is 0.308 e. The van der Waals surface area contributed by atoms with Crippen LogP contribution in [0.15, 0.2) is 0 Å². The minimum atomic E-state index is -0.0707. The molecule has 0 aromatic carbocycles. The molecule has 0 spiro atoms. The second-order valence-corrected chi connectivity index (χ2v) is 6.45. The Bertz CT molecular complexity index is 312. The van der Waals surface area contributed by atoms with E-state index in [9.17, 15) is 9.59 Å². The van der Waals surface area contributed by atoms with Crippen molar-refractivity contribution >= 4 is 12.3 Å². The van der Waals surface area contributed by atoms with E-state index in [-0.39, 0.29) is 24.4 Å². The van der Waals surface area contributed by atoms with Gasteiger partial charge in [0.25, 0.3) is 0 Å². The molecule has 2 saturated carbocycles. The zero-order valence-electron chi connectivity index (χ0n) is 12.1. The summed E-state index contributed by atoms with van der Waals surface area (Å²) in [5, 5.41) is 9.10. The van der Waals surface area contributed by atoms with Crippen molar-refractivity contribution in [3.8, 4) is 0 Å². The average Bonchev–Trinajstić information content (AvgIpc) is 2.53. The molecule has 0 amide bonds. The van der Waals surface area contributed by atoms with E-state index in [1.165, 1.54) is 0 Å². The topological polar surface area (TPSA) is 63.6 Å². The zero-order chi connectivity index (χ0) is 14.4. The number of ether oxygens (including phenoxy) is 1. The van der Waals surface area contributed by atoms with Crippen LogP contribution < -0.4 is 0 Å². The predicted molar refractivity (Wildman–Crippen MR) is 75.0 cm³/mol. The van der Waals surface area contributed by atoms with Crippen LogP contribution in [-0.2, 0) is 14.3 Å². The second-order valence-electron chi connectivity index (χ2n) is 6.45. The minimum Gasteiger partial charge on any atom is -0.465 e. The van der Waals surface area contributed by atoms with Gasteiger partial charge in [-0.25, -0.2) is 0 Å². The van der Waals surface area contributed by atoms with Gasteiger partial charge in [0.2, 0.25) is 0 Å². The molecule has 0 aromatic rings. The molecule has 4 heteroatoms. The lowest BCUT2D eigenvalue weighted by Gasteiger charge is -2.28. The number of rotatable bonds is 5. The van der Waals surface area contributed by atoms with Crippen molar-refractivity contribution in [1.29, 1.82) is 0 Å². The van der Waals surface area contributed by atoms with Gasteiger partial charge in [-0.2, -0.15) is 0 Å². The van der Waals surface area contributed by atoms with Crippen LogP contribution in [0.4, 0.5) is 0 Å². The van der Waals surface area contributed by atoms with E-state index in [0.717, 1.165) is 57.7 Å². The SMILES string of the molecule is O=CC1CCC(C(=O)OCC2CCC(CO)CC2)CC1. The lowest BCUT2D eigenvalue weighted by Crippen LogP contribution is -2.27. The van der Waals surface area contributed by atoms with Crippen LogP contribution in [0.5, 0.6) is 0 Å². The van der Waals surface area contributed by atoms with Gasteiger partial charge in [0.05, 0.1) is 12.5 Å². The smallest absolute Gasteiger partial charge is 0.308 e. The van der Waals surface area contributed by atoms with E-state index in [0.29, 0.717) is 18.4 Å². The van der Waals surface area contributed by atoms with Gasteiger partial charge < -0.3 is 14.6 Å². The molecule has 4 nitrogen and oxygen atoms in total.